The second-order valence-corrected chi connectivity index (χ2v) is 5.11. The van der Waals surface area contributed by atoms with Gasteiger partial charge in [-0.3, -0.25) is 9.78 Å². The van der Waals surface area contributed by atoms with Gasteiger partial charge in [0.2, 0.25) is 0 Å². The molecule has 1 atom stereocenters. The number of carbonyl (C=O) groups is 1. The number of hydrogen-bond acceptors (Lipinski definition) is 3. The van der Waals surface area contributed by atoms with E-state index in [1.165, 1.54) is 0 Å². The summed E-state index contributed by atoms with van der Waals surface area (Å²) in [5, 5.41) is 0. The highest BCUT2D eigenvalue weighted by Crippen LogP contribution is 2.20. The van der Waals surface area contributed by atoms with Crippen molar-refractivity contribution in [1.29, 1.82) is 0 Å². The zero-order valence-corrected chi connectivity index (χ0v) is 13.6. The molecular formula is C16H19Cl2N3O. The van der Waals surface area contributed by atoms with E-state index in [9.17, 15) is 4.79 Å². The van der Waals surface area contributed by atoms with Crippen molar-refractivity contribution in [3.63, 3.8) is 0 Å². The molecule has 1 unspecified atom stereocenters. The number of halogens is 2. The second kappa shape index (κ2) is 8.13. The zero-order chi connectivity index (χ0) is 13.9. The van der Waals surface area contributed by atoms with E-state index >= 15 is 0 Å². The molecule has 3 rings (SSSR count). The van der Waals surface area contributed by atoms with Gasteiger partial charge in [-0.05, 0) is 41.8 Å². The van der Waals surface area contributed by atoms with Crippen molar-refractivity contribution in [1.82, 2.24) is 9.88 Å². The van der Waals surface area contributed by atoms with Crippen LogP contribution in [0, 0.1) is 0 Å². The molecule has 1 aliphatic heterocycles. The molecule has 1 amide bonds. The number of nitrogens with two attached hydrogens (primary N) is 1. The molecule has 0 bridgehead atoms. The lowest BCUT2D eigenvalue weighted by atomic mass is 10.0. The minimum atomic E-state index is 0. The normalized spacial score (nSPS) is 16.6. The predicted molar refractivity (Wildman–Crippen MR) is 92.7 cm³/mol. The fourth-order valence-corrected chi connectivity index (χ4v) is 2.50. The molecule has 0 radical (unpaired) electrons. The van der Waals surface area contributed by atoms with Gasteiger partial charge in [0.05, 0.1) is 0 Å². The Morgan fingerprint density at radius 2 is 1.64 bits per heavy atom. The van der Waals surface area contributed by atoms with Crippen LogP contribution in [0.15, 0.2) is 48.8 Å². The summed E-state index contributed by atoms with van der Waals surface area (Å²) in [6.07, 6.45) is 4.42. The number of nitrogens with zero attached hydrogens (tertiary/aromatic N) is 2. The number of likely N-dealkylation sites (tertiary alicyclic amines) is 1. The summed E-state index contributed by atoms with van der Waals surface area (Å²) in [6.45, 7) is 1.41. The maximum absolute atomic E-state index is 12.3. The van der Waals surface area contributed by atoms with E-state index in [2.05, 4.69) is 4.98 Å². The van der Waals surface area contributed by atoms with Crippen molar-refractivity contribution in [3.05, 3.63) is 54.4 Å². The summed E-state index contributed by atoms with van der Waals surface area (Å²) in [4.78, 5) is 18.1. The van der Waals surface area contributed by atoms with Gasteiger partial charge in [-0.15, -0.1) is 24.8 Å². The molecule has 118 valence electrons. The zero-order valence-electron chi connectivity index (χ0n) is 12.0. The minimum Gasteiger partial charge on any atom is -0.337 e. The van der Waals surface area contributed by atoms with Gasteiger partial charge in [0, 0.05) is 37.1 Å². The van der Waals surface area contributed by atoms with Crippen molar-refractivity contribution in [2.45, 2.75) is 12.5 Å². The average molecular weight is 340 g/mol. The van der Waals surface area contributed by atoms with Crippen molar-refractivity contribution in [2.75, 3.05) is 13.1 Å². The van der Waals surface area contributed by atoms with Gasteiger partial charge in [0.1, 0.15) is 0 Å². The fraction of sp³-hybridized carbons (Fsp3) is 0.250. The molecular weight excluding hydrogens is 321 g/mol. The highest BCUT2D eigenvalue weighted by molar-refractivity contribution is 5.95. The molecule has 2 heterocycles. The Labute approximate surface area is 142 Å². The molecule has 4 nitrogen and oxygen atoms in total. The number of hydrogen-bond donors (Lipinski definition) is 1. The molecule has 0 saturated carbocycles. The number of benzene rings is 1. The highest BCUT2D eigenvalue weighted by atomic mass is 35.5. The predicted octanol–water partition coefficient (Wildman–Crippen LogP) is 2.77. The topological polar surface area (TPSA) is 59.2 Å². The van der Waals surface area contributed by atoms with Crippen LogP contribution in [0.5, 0.6) is 0 Å². The number of rotatable bonds is 2. The quantitative estimate of drug-likeness (QED) is 0.915. The van der Waals surface area contributed by atoms with E-state index in [1.807, 2.05) is 41.3 Å². The Kier molecular flexibility index (Phi) is 6.81. The van der Waals surface area contributed by atoms with Gasteiger partial charge in [0.15, 0.2) is 0 Å². The Morgan fingerprint density at radius 1 is 1.05 bits per heavy atom. The monoisotopic (exact) mass is 339 g/mol. The fourth-order valence-electron chi connectivity index (χ4n) is 2.50. The summed E-state index contributed by atoms with van der Waals surface area (Å²) in [7, 11) is 0. The second-order valence-electron chi connectivity index (χ2n) is 5.11. The summed E-state index contributed by atoms with van der Waals surface area (Å²) in [5.74, 6) is 0.0687. The first-order valence-corrected chi connectivity index (χ1v) is 6.79. The van der Waals surface area contributed by atoms with E-state index in [1.54, 1.807) is 12.4 Å². The van der Waals surface area contributed by atoms with Crippen LogP contribution in [-0.4, -0.2) is 34.9 Å². The molecule has 22 heavy (non-hydrogen) atoms. The number of pyridine rings is 1. The smallest absolute Gasteiger partial charge is 0.253 e. The molecule has 6 heteroatoms. The summed E-state index contributed by atoms with van der Waals surface area (Å²) < 4.78 is 0. The van der Waals surface area contributed by atoms with Gasteiger partial charge in [0.25, 0.3) is 5.91 Å². The van der Waals surface area contributed by atoms with Gasteiger partial charge < -0.3 is 10.6 Å². The van der Waals surface area contributed by atoms with Crippen molar-refractivity contribution < 1.29 is 4.79 Å². The SMILES string of the molecule is Cl.Cl.NC1CCN(C(=O)c2ccc(-c3ccncc3)cc2)C1. The van der Waals surface area contributed by atoms with Gasteiger partial charge in [-0.2, -0.15) is 0 Å². The van der Waals surface area contributed by atoms with Crippen LogP contribution in [0.2, 0.25) is 0 Å². The van der Waals surface area contributed by atoms with Crippen LogP contribution in [0.1, 0.15) is 16.8 Å². The van der Waals surface area contributed by atoms with Crippen molar-refractivity contribution in [3.8, 4) is 11.1 Å². The first kappa shape index (κ1) is 18.4. The molecule has 1 fully saturated rings. The molecule has 1 aliphatic rings. The molecule has 0 spiro atoms. The molecule has 1 aromatic carbocycles. The molecule has 1 aromatic heterocycles. The first-order chi connectivity index (χ1) is 9.74. The standard InChI is InChI=1S/C16H17N3O.2ClH/c17-15-7-10-19(11-15)16(20)14-3-1-12(2-4-14)13-5-8-18-9-6-13;;/h1-6,8-9,15H,7,10-11,17H2;2*1H. The number of aromatic nitrogens is 1. The molecule has 2 N–H and O–H groups in total. The summed E-state index contributed by atoms with van der Waals surface area (Å²) >= 11 is 0. The highest BCUT2D eigenvalue weighted by Gasteiger charge is 2.24. The molecule has 1 saturated heterocycles. The largest absolute Gasteiger partial charge is 0.337 e. The van der Waals surface area contributed by atoms with E-state index < -0.39 is 0 Å². The minimum absolute atomic E-state index is 0. The first-order valence-electron chi connectivity index (χ1n) is 6.79. The van der Waals surface area contributed by atoms with Crippen LogP contribution in [0.3, 0.4) is 0 Å². The lowest BCUT2D eigenvalue weighted by Crippen LogP contribution is -2.31. The maximum atomic E-state index is 12.3. The van der Waals surface area contributed by atoms with Gasteiger partial charge in [-0.1, -0.05) is 12.1 Å². The number of amides is 1. The Morgan fingerprint density at radius 3 is 2.18 bits per heavy atom. The van der Waals surface area contributed by atoms with E-state index in [-0.39, 0.29) is 36.8 Å². The van der Waals surface area contributed by atoms with E-state index in [4.69, 9.17) is 5.73 Å². The molecule has 0 aliphatic carbocycles. The van der Waals surface area contributed by atoms with Crippen LogP contribution in [0.4, 0.5) is 0 Å². The van der Waals surface area contributed by atoms with Crippen LogP contribution >= 0.6 is 24.8 Å². The average Bonchev–Trinajstić information content (AvgIpc) is 2.94. The summed E-state index contributed by atoms with van der Waals surface area (Å²) in [5.41, 5.74) is 8.75. The van der Waals surface area contributed by atoms with Crippen LogP contribution in [-0.2, 0) is 0 Å². The third kappa shape index (κ3) is 3.97. The van der Waals surface area contributed by atoms with Crippen LogP contribution in [0.25, 0.3) is 11.1 Å². The third-order valence-corrected chi connectivity index (χ3v) is 3.66. The lowest BCUT2D eigenvalue weighted by molar-refractivity contribution is 0.0791. The third-order valence-electron chi connectivity index (χ3n) is 3.66. The Balaban J connectivity index is 0.00000121. The van der Waals surface area contributed by atoms with E-state index in [0.29, 0.717) is 6.54 Å². The van der Waals surface area contributed by atoms with Gasteiger partial charge in [-0.25, -0.2) is 0 Å². The lowest BCUT2D eigenvalue weighted by Gasteiger charge is -2.15. The van der Waals surface area contributed by atoms with Crippen molar-refractivity contribution >= 4 is 30.7 Å². The number of carbonyl (C=O) groups excluding carboxylic acids is 1. The Hall–Kier alpha value is -1.62. The summed E-state index contributed by atoms with van der Waals surface area (Å²) in [6, 6.07) is 11.7. The van der Waals surface area contributed by atoms with Crippen LogP contribution < -0.4 is 5.73 Å². The Bertz CT molecular complexity index is 605. The molecule has 2 aromatic rings. The van der Waals surface area contributed by atoms with Crippen molar-refractivity contribution in [2.24, 2.45) is 5.73 Å². The van der Waals surface area contributed by atoms with Gasteiger partial charge >= 0.3 is 0 Å². The maximum Gasteiger partial charge on any atom is 0.253 e. The van der Waals surface area contributed by atoms with E-state index in [0.717, 1.165) is 29.7 Å².